The van der Waals surface area contributed by atoms with Gasteiger partial charge in [-0.05, 0) is 27.0 Å². The Balaban J connectivity index is 4.20. The molecule has 0 atom stereocenters. The van der Waals surface area contributed by atoms with Crippen LogP contribution in [0.5, 0.6) is 0 Å². The number of nitrogens with one attached hydrogen (secondary N) is 2. The van der Waals surface area contributed by atoms with Crippen LogP contribution in [0.15, 0.2) is 17.6 Å². The first-order valence-corrected chi connectivity index (χ1v) is 6.46. The molecule has 0 aliphatic rings. The van der Waals surface area contributed by atoms with Gasteiger partial charge in [0.25, 0.3) is 0 Å². The van der Waals surface area contributed by atoms with Crippen molar-refractivity contribution in [1.29, 1.82) is 0 Å². The molecule has 4 heteroatoms. The second-order valence-corrected chi connectivity index (χ2v) is 5.34. The summed E-state index contributed by atoms with van der Waals surface area (Å²) < 4.78 is 0.191. The monoisotopic (exact) mass is 229 g/mol. The molecule has 0 aliphatic carbocycles. The maximum Gasteiger partial charge on any atom is 0.191 e. The maximum atomic E-state index is 4.52. The van der Waals surface area contributed by atoms with Gasteiger partial charge in [-0.3, -0.25) is 4.99 Å². The third-order valence-corrected chi connectivity index (χ3v) is 3.16. The molecule has 0 spiro atoms. The van der Waals surface area contributed by atoms with E-state index >= 15 is 0 Å². The van der Waals surface area contributed by atoms with Crippen molar-refractivity contribution < 1.29 is 0 Å². The Labute approximate surface area is 97.8 Å². The molecule has 88 valence electrons. The lowest BCUT2D eigenvalue weighted by molar-refractivity contribution is 0.715. The van der Waals surface area contributed by atoms with E-state index in [-0.39, 0.29) is 4.75 Å². The third kappa shape index (κ3) is 7.31. The molecule has 0 radical (unpaired) electrons. The summed E-state index contributed by atoms with van der Waals surface area (Å²) in [5, 5.41) is 6.37. The molecule has 3 nitrogen and oxygen atoms in total. The van der Waals surface area contributed by atoms with Crippen molar-refractivity contribution in [3.05, 3.63) is 12.7 Å². The lowest BCUT2D eigenvalue weighted by Crippen LogP contribution is -2.38. The molecule has 0 amide bonds. The van der Waals surface area contributed by atoms with Crippen LogP contribution in [0.25, 0.3) is 0 Å². The lowest BCUT2D eigenvalue weighted by Gasteiger charge is -2.20. The second-order valence-electron chi connectivity index (χ2n) is 3.83. The van der Waals surface area contributed by atoms with E-state index in [2.05, 4.69) is 49.2 Å². The molecule has 0 saturated carbocycles. The van der Waals surface area contributed by atoms with Crippen LogP contribution in [0.1, 0.15) is 20.8 Å². The van der Waals surface area contributed by atoms with E-state index in [1.165, 1.54) is 0 Å². The maximum absolute atomic E-state index is 4.52. The van der Waals surface area contributed by atoms with Gasteiger partial charge in [-0.15, -0.1) is 6.58 Å². The minimum Gasteiger partial charge on any atom is -0.357 e. The van der Waals surface area contributed by atoms with Crippen LogP contribution in [-0.4, -0.2) is 36.6 Å². The number of rotatable bonds is 6. The van der Waals surface area contributed by atoms with Crippen molar-refractivity contribution in [3.63, 3.8) is 0 Å². The standard InChI is InChI=1S/C11H23N3S/c1-6-8-13-10(12-7-2)14-9-11(3,4)15-5/h6H,1,7-9H2,2-5H3,(H2,12,13,14). The van der Waals surface area contributed by atoms with Crippen LogP contribution in [0.3, 0.4) is 0 Å². The number of hydrogen-bond donors (Lipinski definition) is 2. The Morgan fingerprint density at radius 2 is 2.13 bits per heavy atom. The fourth-order valence-electron chi connectivity index (χ4n) is 0.845. The highest BCUT2D eigenvalue weighted by Crippen LogP contribution is 2.20. The Hall–Kier alpha value is -0.640. The van der Waals surface area contributed by atoms with E-state index < -0.39 is 0 Å². The van der Waals surface area contributed by atoms with Gasteiger partial charge in [0, 0.05) is 17.8 Å². The summed E-state index contributed by atoms with van der Waals surface area (Å²) in [6.45, 7) is 12.5. The van der Waals surface area contributed by atoms with Gasteiger partial charge in [0.1, 0.15) is 0 Å². The molecule has 15 heavy (non-hydrogen) atoms. The number of nitrogens with zero attached hydrogens (tertiary/aromatic N) is 1. The smallest absolute Gasteiger partial charge is 0.191 e. The second kappa shape index (κ2) is 7.63. The molecule has 0 unspecified atom stereocenters. The van der Waals surface area contributed by atoms with Gasteiger partial charge < -0.3 is 10.6 Å². The average Bonchev–Trinajstić information content (AvgIpc) is 2.22. The van der Waals surface area contributed by atoms with Gasteiger partial charge in [0.2, 0.25) is 0 Å². The summed E-state index contributed by atoms with van der Waals surface area (Å²) in [5.74, 6) is 0.861. The largest absolute Gasteiger partial charge is 0.357 e. The molecule has 0 aromatic rings. The highest BCUT2D eigenvalue weighted by molar-refractivity contribution is 7.99. The van der Waals surface area contributed by atoms with Gasteiger partial charge in [0.15, 0.2) is 5.96 Å². The topological polar surface area (TPSA) is 36.4 Å². The van der Waals surface area contributed by atoms with E-state index in [4.69, 9.17) is 0 Å². The van der Waals surface area contributed by atoms with E-state index in [1.807, 2.05) is 17.8 Å². The van der Waals surface area contributed by atoms with E-state index in [1.54, 1.807) is 0 Å². The zero-order chi connectivity index (χ0) is 11.7. The first-order valence-electron chi connectivity index (χ1n) is 5.24. The first-order chi connectivity index (χ1) is 7.05. The summed E-state index contributed by atoms with van der Waals surface area (Å²) in [6.07, 6.45) is 3.94. The highest BCUT2D eigenvalue weighted by atomic mass is 32.2. The molecule has 0 bridgehead atoms. The molecule has 0 rings (SSSR count). The Bertz CT molecular complexity index is 212. The van der Waals surface area contributed by atoms with Crippen molar-refractivity contribution in [2.75, 3.05) is 25.9 Å². The van der Waals surface area contributed by atoms with E-state index in [0.29, 0.717) is 0 Å². The Kier molecular flexibility index (Phi) is 7.30. The van der Waals surface area contributed by atoms with Gasteiger partial charge >= 0.3 is 0 Å². The number of hydrogen-bond acceptors (Lipinski definition) is 2. The quantitative estimate of drug-likeness (QED) is 0.415. The third-order valence-electron chi connectivity index (χ3n) is 1.93. The molecular weight excluding hydrogens is 206 g/mol. The predicted octanol–water partition coefficient (Wildman–Crippen LogP) is 1.87. The molecule has 0 saturated heterocycles. The molecule has 0 aliphatic heterocycles. The summed E-state index contributed by atoms with van der Waals surface area (Å²) in [6, 6.07) is 0. The van der Waals surface area contributed by atoms with E-state index in [9.17, 15) is 0 Å². The van der Waals surface area contributed by atoms with Gasteiger partial charge in [-0.25, -0.2) is 0 Å². The van der Waals surface area contributed by atoms with Crippen LogP contribution < -0.4 is 10.6 Å². The zero-order valence-corrected chi connectivity index (χ0v) is 11.1. The molecule has 0 fully saturated rings. The van der Waals surface area contributed by atoms with E-state index in [0.717, 1.165) is 25.6 Å². The SMILES string of the molecule is C=CCNC(=NCC(C)(C)SC)NCC. The Morgan fingerprint density at radius 1 is 1.47 bits per heavy atom. The molecule has 2 N–H and O–H groups in total. The predicted molar refractivity (Wildman–Crippen MR) is 71.8 cm³/mol. The normalized spacial score (nSPS) is 12.4. The van der Waals surface area contributed by atoms with Crippen LogP contribution in [0.2, 0.25) is 0 Å². The fourth-order valence-corrected chi connectivity index (χ4v) is 1.04. The van der Waals surface area contributed by atoms with Crippen LogP contribution in [-0.2, 0) is 0 Å². The summed E-state index contributed by atoms with van der Waals surface area (Å²) in [5.41, 5.74) is 0. The summed E-state index contributed by atoms with van der Waals surface area (Å²) in [4.78, 5) is 4.52. The minimum atomic E-state index is 0.191. The summed E-state index contributed by atoms with van der Waals surface area (Å²) >= 11 is 1.83. The first kappa shape index (κ1) is 14.4. The lowest BCUT2D eigenvalue weighted by atomic mass is 10.2. The summed E-state index contributed by atoms with van der Waals surface area (Å²) in [7, 11) is 0. The number of aliphatic imine (C=N–C) groups is 1. The van der Waals surface area contributed by atoms with Crippen molar-refractivity contribution >= 4 is 17.7 Å². The van der Waals surface area contributed by atoms with Crippen molar-refractivity contribution in [1.82, 2.24) is 10.6 Å². The zero-order valence-electron chi connectivity index (χ0n) is 10.3. The molecular formula is C11H23N3S. The van der Waals surface area contributed by atoms with Crippen LogP contribution in [0.4, 0.5) is 0 Å². The molecule has 0 aromatic heterocycles. The number of thioether (sulfide) groups is 1. The average molecular weight is 229 g/mol. The van der Waals surface area contributed by atoms with Gasteiger partial charge in [0.05, 0.1) is 6.54 Å². The highest BCUT2D eigenvalue weighted by Gasteiger charge is 2.15. The molecule has 0 aromatic carbocycles. The van der Waals surface area contributed by atoms with Crippen molar-refractivity contribution in [2.45, 2.75) is 25.5 Å². The van der Waals surface area contributed by atoms with Crippen molar-refractivity contribution in [2.24, 2.45) is 4.99 Å². The van der Waals surface area contributed by atoms with Crippen LogP contribution in [0, 0.1) is 0 Å². The van der Waals surface area contributed by atoms with Gasteiger partial charge in [-0.1, -0.05) is 6.08 Å². The van der Waals surface area contributed by atoms with Gasteiger partial charge in [-0.2, -0.15) is 11.8 Å². The fraction of sp³-hybridized carbons (Fsp3) is 0.727. The van der Waals surface area contributed by atoms with Crippen molar-refractivity contribution in [3.8, 4) is 0 Å². The Morgan fingerprint density at radius 3 is 2.60 bits per heavy atom. The number of guanidine groups is 1. The molecule has 0 heterocycles. The van der Waals surface area contributed by atoms with Crippen LogP contribution >= 0.6 is 11.8 Å². The minimum absolute atomic E-state index is 0.191.